The number of rotatable bonds is 1. The second kappa shape index (κ2) is 3.31. The van der Waals surface area contributed by atoms with Crippen LogP contribution in [0.3, 0.4) is 0 Å². The predicted octanol–water partition coefficient (Wildman–Crippen LogP) is 0.606. The van der Waals surface area contributed by atoms with E-state index in [0.717, 1.165) is 0 Å². The van der Waals surface area contributed by atoms with Gasteiger partial charge in [0.05, 0.1) is 0 Å². The molecule has 0 aliphatic heterocycles. The minimum absolute atomic E-state index is 1.93. The Hall–Kier alpha value is 0.1000. The third-order valence-corrected chi connectivity index (χ3v) is 0.393. The van der Waals surface area contributed by atoms with Gasteiger partial charge in [-0.2, -0.15) is 4.89 Å². The number of carbonyl (C=O) groups is 1. The Bertz CT molecular complexity index is 107. The van der Waals surface area contributed by atoms with Crippen LogP contribution in [0.4, 0.5) is 4.79 Å². The van der Waals surface area contributed by atoms with Crippen LogP contribution in [0.2, 0.25) is 0 Å². The van der Waals surface area contributed by atoms with Crippen molar-refractivity contribution in [2.75, 3.05) is 0 Å². The summed E-state index contributed by atoms with van der Waals surface area (Å²) in [6.45, 7) is 0. The SMILES string of the molecule is O=C([O-])OOC(Cl)(Cl)Cl. The summed E-state index contributed by atoms with van der Waals surface area (Å²) in [7, 11) is 0. The molecule has 54 valence electrons. The van der Waals surface area contributed by atoms with Crippen molar-refractivity contribution >= 4 is 41.0 Å². The average Bonchev–Trinajstić information content (AvgIpc) is 1.59. The molecule has 0 spiro atoms. The molecular formula is C2Cl3O4-. The van der Waals surface area contributed by atoms with Crippen LogP contribution >= 0.6 is 34.8 Å². The number of carboxylic acid groups (broad SMARTS) is 1. The molecule has 0 saturated heterocycles. The molecule has 9 heavy (non-hydrogen) atoms. The fourth-order valence-corrected chi connectivity index (χ4v) is 0.176. The van der Waals surface area contributed by atoms with Gasteiger partial charge in [0, 0.05) is 0 Å². The molecule has 0 saturated carbocycles. The smallest absolute Gasteiger partial charge is 0.320 e. The minimum atomic E-state index is -2.19. The van der Waals surface area contributed by atoms with Crippen LogP contribution < -0.4 is 5.11 Å². The zero-order valence-electron chi connectivity index (χ0n) is 3.77. The average molecular weight is 194 g/mol. The van der Waals surface area contributed by atoms with Gasteiger partial charge in [-0.05, 0) is 0 Å². The van der Waals surface area contributed by atoms with Crippen molar-refractivity contribution in [3.05, 3.63) is 0 Å². The maximum atomic E-state index is 9.41. The molecular weight excluding hydrogens is 194 g/mol. The van der Waals surface area contributed by atoms with Crippen molar-refractivity contribution in [3.8, 4) is 0 Å². The van der Waals surface area contributed by atoms with Crippen LogP contribution in [-0.4, -0.2) is 10.1 Å². The molecule has 0 aromatic carbocycles. The fraction of sp³-hybridized carbons (Fsp3) is 0.500. The van der Waals surface area contributed by atoms with E-state index in [1.54, 1.807) is 0 Å². The Morgan fingerprint density at radius 2 is 1.89 bits per heavy atom. The van der Waals surface area contributed by atoms with E-state index in [0.29, 0.717) is 0 Å². The van der Waals surface area contributed by atoms with E-state index < -0.39 is 10.1 Å². The van der Waals surface area contributed by atoms with E-state index in [9.17, 15) is 9.90 Å². The van der Waals surface area contributed by atoms with E-state index in [4.69, 9.17) is 34.8 Å². The maximum absolute atomic E-state index is 9.41. The highest BCUT2D eigenvalue weighted by atomic mass is 35.6. The number of hydrogen-bond acceptors (Lipinski definition) is 4. The number of hydrogen-bond donors (Lipinski definition) is 0. The van der Waals surface area contributed by atoms with Crippen molar-refractivity contribution < 1.29 is 19.7 Å². The zero-order chi connectivity index (χ0) is 7.49. The zero-order valence-corrected chi connectivity index (χ0v) is 6.03. The molecule has 0 N–H and O–H groups in total. The largest absolute Gasteiger partial charge is 0.424 e. The minimum Gasteiger partial charge on any atom is -0.424 e. The van der Waals surface area contributed by atoms with E-state index in [-0.39, 0.29) is 0 Å². The quantitative estimate of drug-likeness (QED) is 0.348. The molecule has 0 aromatic rings. The molecule has 0 fully saturated rings. The van der Waals surface area contributed by atoms with Gasteiger partial charge in [0.25, 0.3) is 6.16 Å². The summed E-state index contributed by atoms with van der Waals surface area (Å²) >= 11 is 14.6. The Morgan fingerprint density at radius 1 is 1.44 bits per heavy atom. The first-order chi connectivity index (χ1) is 3.92. The molecule has 0 amide bonds. The van der Waals surface area contributed by atoms with Gasteiger partial charge in [-0.3, -0.25) is 0 Å². The van der Waals surface area contributed by atoms with Gasteiger partial charge in [-0.15, -0.1) is 0 Å². The lowest BCUT2D eigenvalue weighted by molar-refractivity contribution is -0.363. The van der Waals surface area contributed by atoms with Crippen LogP contribution in [0.15, 0.2) is 0 Å². The highest BCUT2D eigenvalue weighted by Gasteiger charge is 2.20. The van der Waals surface area contributed by atoms with E-state index in [1.807, 2.05) is 0 Å². The highest BCUT2D eigenvalue weighted by molar-refractivity contribution is 6.66. The van der Waals surface area contributed by atoms with Gasteiger partial charge in [-0.25, -0.2) is 0 Å². The summed E-state index contributed by atoms with van der Waals surface area (Å²) in [6.07, 6.45) is -1.93. The van der Waals surface area contributed by atoms with E-state index in [1.165, 1.54) is 0 Å². The third-order valence-electron chi connectivity index (χ3n) is 0.204. The molecule has 0 aliphatic rings. The highest BCUT2D eigenvalue weighted by Crippen LogP contribution is 2.27. The van der Waals surface area contributed by atoms with Gasteiger partial charge in [-0.1, -0.05) is 34.8 Å². The Labute approximate surface area is 65.1 Å². The van der Waals surface area contributed by atoms with Crippen molar-refractivity contribution in [1.29, 1.82) is 0 Å². The monoisotopic (exact) mass is 193 g/mol. The summed E-state index contributed by atoms with van der Waals surface area (Å²) in [6, 6.07) is 0. The van der Waals surface area contributed by atoms with Gasteiger partial charge in [0.2, 0.25) is 0 Å². The summed E-state index contributed by atoms with van der Waals surface area (Å²) in [5.74, 6) is 0. The summed E-state index contributed by atoms with van der Waals surface area (Å²) in [5.41, 5.74) is 0. The molecule has 0 unspecified atom stereocenters. The third kappa shape index (κ3) is 8.10. The normalized spacial score (nSPS) is 11.0. The van der Waals surface area contributed by atoms with E-state index >= 15 is 0 Å². The van der Waals surface area contributed by atoms with Crippen molar-refractivity contribution in [3.63, 3.8) is 0 Å². The van der Waals surface area contributed by atoms with Gasteiger partial charge >= 0.3 is 3.98 Å². The number of carbonyl (C=O) groups excluding carboxylic acids is 1. The molecule has 7 heteroatoms. The lowest BCUT2D eigenvalue weighted by Crippen LogP contribution is -2.26. The predicted molar refractivity (Wildman–Crippen MR) is 27.9 cm³/mol. The topological polar surface area (TPSA) is 58.6 Å². The molecule has 0 rings (SSSR count). The summed E-state index contributed by atoms with van der Waals surface area (Å²) in [5, 5.41) is 9.41. The standard InChI is InChI=1S/C2HCl3O4/c3-2(4,5)9-8-1(6)7/h(H,6,7)/p-1. The Morgan fingerprint density at radius 3 is 2.00 bits per heavy atom. The molecule has 0 aliphatic carbocycles. The first kappa shape index (κ1) is 9.10. The van der Waals surface area contributed by atoms with Crippen LogP contribution in [-0.2, 0) is 9.78 Å². The summed E-state index contributed by atoms with van der Waals surface area (Å²) in [4.78, 5) is 16.4. The second-order valence-electron chi connectivity index (χ2n) is 0.862. The maximum Gasteiger partial charge on any atom is 0.320 e. The van der Waals surface area contributed by atoms with Gasteiger partial charge in [0.1, 0.15) is 0 Å². The number of alkyl halides is 3. The Kier molecular flexibility index (Phi) is 3.35. The second-order valence-corrected chi connectivity index (χ2v) is 3.04. The molecule has 0 atom stereocenters. The van der Waals surface area contributed by atoms with Crippen molar-refractivity contribution in [1.82, 2.24) is 0 Å². The van der Waals surface area contributed by atoms with Crippen molar-refractivity contribution in [2.45, 2.75) is 3.98 Å². The van der Waals surface area contributed by atoms with Crippen LogP contribution in [0.1, 0.15) is 0 Å². The van der Waals surface area contributed by atoms with Crippen LogP contribution in [0.25, 0.3) is 0 Å². The van der Waals surface area contributed by atoms with Crippen LogP contribution in [0.5, 0.6) is 0 Å². The first-order valence-corrected chi connectivity index (χ1v) is 2.68. The first-order valence-electron chi connectivity index (χ1n) is 1.55. The summed E-state index contributed by atoms with van der Waals surface area (Å²) < 4.78 is -2.19. The van der Waals surface area contributed by atoms with E-state index in [2.05, 4.69) is 9.78 Å². The lowest BCUT2D eigenvalue weighted by Gasteiger charge is -2.13. The number of halogens is 3. The fourth-order valence-electron chi connectivity index (χ4n) is 0.0813. The lowest BCUT2D eigenvalue weighted by atomic mass is 11.4. The van der Waals surface area contributed by atoms with Crippen molar-refractivity contribution in [2.24, 2.45) is 0 Å². The Balaban J connectivity index is 3.39. The molecule has 0 heterocycles. The molecule has 0 aromatic heterocycles. The molecule has 0 bridgehead atoms. The molecule has 0 radical (unpaired) electrons. The van der Waals surface area contributed by atoms with Crippen LogP contribution in [0, 0.1) is 0 Å². The van der Waals surface area contributed by atoms with Gasteiger partial charge < -0.3 is 14.8 Å². The van der Waals surface area contributed by atoms with Gasteiger partial charge in [0.15, 0.2) is 0 Å². The molecule has 4 nitrogen and oxygen atoms in total.